The van der Waals surface area contributed by atoms with Crippen LogP contribution in [0, 0.1) is 11.6 Å². The maximum Gasteiger partial charge on any atom is 0.240 e. The second-order valence-electron chi connectivity index (χ2n) is 7.43. The predicted molar refractivity (Wildman–Crippen MR) is 94.5 cm³/mol. The number of aliphatic imine (C=N–C) groups is 1. The van der Waals surface area contributed by atoms with E-state index < -0.39 is 11.6 Å². The number of nitrogens with one attached hydrogen (secondary N) is 2. The highest BCUT2D eigenvalue weighted by molar-refractivity contribution is 5.87. The molecule has 1 aliphatic rings. The van der Waals surface area contributed by atoms with Gasteiger partial charge in [-0.05, 0) is 39.3 Å². The van der Waals surface area contributed by atoms with Crippen molar-refractivity contribution in [1.29, 1.82) is 0 Å². The minimum atomic E-state index is -0.526. The molecule has 1 fully saturated rings. The quantitative estimate of drug-likeness (QED) is 0.645. The summed E-state index contributed by atoms with van der Waals surface area (Å²) < 4.78 is 27.7. The lowest BCUT2D eigenvalue weighted by Crippen LogP contribution is -2.49. The summed E-state index contributed by atoms with van der Waals surface area (Å²) in [5.41, 5.74) is -0.192. The lowest BCUT2D eigenvalue weighted by Gasteiger charge is -2.25. The fourth-order valence-electron chi connectivity index (χ4n) is 2.80. The lowest BCUT2D eigenvalue weighted by atomic mass is 10.1. The highest BCUT2D eigenvalue weighted by Crippen LogP contribution is 2.43. The summed E-state index contributed by atoms with van der Waals surface area (Å²) in [6, 6.07) is 3.80. The first-order valence-electron chi connectivity index (χ1n) is 8.31. The number of carbonyl (C=O) groups excluding carboxylic acids is 1. The summed E-state index contributed by atoms with van der Waals surface area (Å²) >= 11 is 0. The van der Waals surface area contributed by atoms with Crippen LogP contribution in [-0.4, -0.2) is 49.0 Å². The van der Waals surface area contributed by atoms with Crippen LogP contribution in [0.4, 0.5) is 8.78 Å². The van der Waals surface area contributed by atoms with Crippen LogP contribution in [0.15, 0.2) is 23.2 Å². The molecule has 1 saturated carbocycles. The normalized spacial score (nSPS) is 20.2. The van der Waals surface area contributed by atoms with Gasteiger partial charge < -0.3 is 15.5 Å². The third-order valence-corrected chi connectivity index (χ3v) is 3.94. The van der Waals surface area contributed by atoms with Crippen LogP contribution < -0.4 is 10.6 Å². The molecule has 1 aromatic rings. The van der Waals surface area contributed by atoms with E-state index in [0.29, 0.717) is 12.4 Å². The minimum absolute atomic E-state index is 0.0989. The molecule has 5 nitrogen and oxygen atoms in total. The summed E-state index contributed by atoms with van der Waals surface area (Å²) in [6.45, 7) is 5.88. The van der Waals surface area contributed by atoms with Gasteiger partial charge in [0.25, 0.3) is 0 Å². The molecule has 1 aromatic carbocycles. The zero-order valence-corrected chi connectivity index (χ0v) is 15.4. The van der Waals surface area contributed by atoms with Gasteiger partial charge in [0.1, 0.15) is 11.6 Å². The molecule has 0 aromatic heterocycles. The van der Waals surface area contributed by atoms with Crippen LogP contribution >= 0.6 is 0 Å². The number of guanidine groups is 1. The van der Waals surface area contributed by atoms with Gasteiger partial charge in [0.15, 0.2) is 5.96 Å². The van der Waals surface area contributed by atoms with Crippen molar-refractivity contribution in [2.45, 2.75) is 44.7 Å². The van der Waals surface area contributed by atoms with Crippen LogP contribution in [0.2, 0.25) is 0 Å². The Labute approximate surface area is 147 Å². The number of hydrogen-bond acceptors (Lipinski definition) is 2. The van der Waals surface area contributed by atoms with Gasteiger partial charge in [-0.1, -0.05) is 6.07 Å². The minimum Gasteiger partial charge on any atom is -0.353 e. The zero-order chi connectivity index (χ0) is 18.8. The summed E-state index contributed by atoms with van der Waals surface area (Å²) in [5, 5.41) is 6.06. The van der Waals surface area contributed by atoms with E-state index in [1.54, 1.807) is 19.0 Å². The average Bonchev–Trinajstić information content (AvgIpc) is 3.21. The SMILES string of the molecule is CN=C(NC1CC1c1c(F)cccc1F)N(C)CC(=O)NC(C)(C)C. The summed E-state index contributed by atoms with van der Waals surface area (Å²) in [7, 11) is 3.36. The second-order valence-corrected chi connectivity index (χ2v) is 7.43. The molecule has 2 unspecified atom stereocenters. The standard InChI is InChI=1S/C18H26F2N4O/c1-18(2,3)23-15(25)10-24(5)17(21-4)22-14-9-11(14)16-12(19)7-6-8-13(16)20/h6-8,11,14H,9-10H2,1-5H3,(H,21,22)(H,23,25). The van der Waals surface area contributed by atoms with Crippen molar-refractivity contribution in [3.8, 4) is 0 Å². The van der Waals surface area contributed by atoms with Crippen molar-refractivity contribution in [3.63, 3.8) is 0 Å². The maximum atomic E-state index is 13.9. The summed E-state index contributed by atoms with van der Waals surface area (Å²) in [5.74, 6) is -0.877. The summed E-state index contributed by atoms with van der Waals surface area (Å²) in [6.07, 6.45) is 0.624. The number of benzene rings is 1. The fraction of sp³-hybridized carbons (Fsp3) is 0.556. The Morgan fingerprint density at radius 2 is 1.92 bits per heavy atom. The highest BCUT2D eigenvalue weighted by atomic mass is 19.1. The van der Waals surface area contributed by atoms with Crippen molar-refractivity contribution in [3.05, 3.63) is 35.4 Å². The predicted octanol–water partition coefficient (Wildman–Crippen LogP) is 2.24. The average molecular weight is 352 g/mol. The third kappa shape index (κ3) is 5.14. The second kappa shape index (κ2) is 7.37. The molecule has 0 bridgehead atoms. The molecule has 138 valence electrons. The molecule has 2 rings (SSSR count). The van der Waals surface area contributed by atoms with Gasteiger partial charge in [-0.15, -0.1) is 0 Å². The van der Waals surface area contributed by atoms with Gasteiger partial charge >= 0.3 is 0 Å². The van der Waals surface area contributed by atoms with Gasteiger partial charge in [0.2, 0.25) is 5.91 Å². The first-order chi connectivity index (χ1) is 11.6. The number of amides is 1. The Balaban J connectivity index is 1.94. The van der Waals surface area contributed by atoms with Crippen LogP contribution in [-0.2, 0) is 4.79 Å². The first kappa shape index (κ1) is 19.1. The molecule has 1 amide bonds. The molecule has 0 saturated heterocycles. The highest BCUT2D eigenvalue weighted by Gasteiger charge is 2.42. The van der Waals surface area contributed by atoms with Crippen molar-refractivity contribution in [2.75, 3.05) is 20.6 Å². The zero-order valence-electron chi connectivity index (χ0n) is 15.4. The molecule has 0 radical (unpaired) electrons. The summed E-state index contributed by atoms with van der Waals surface area (Å²) in [4.78, 5) is 17.9. The molecule has 1 aliphatic carbocycles. The maximum absolute atomic E-state index is 13.9. The van der Waals surface area contributed by atoms with Crippen LogP contribution in [0.5, 0.6) is 0 Å². The van der Waals surface area contributed by atoms with E-state index in [1.807, 2.05) is 20.8 Å². The van der Waals surface area contributed by atoms with Gasteiger partial charge in [-0.25, -0.2) is 8.78 Å². The Morgan fingerprint density at radius 3 is 2.44 bits per heavy atom. The number of nitrogens with zero attached hydrogens (tertiary/aromatic N) is 2. The van der Waals surface area contributed by atoms with Crippen molar-refractivity contribution < 1.29 is 13.6 Å². The van der Waals surface area contributed by atoms with Crippen LogP contribution in [0.1, 0.15) is 38.7 Å². The van der Waals surface area contributed by atoms with Crippen LogP contribution in [0.25, 0.3) is 0 Å². The topological polar surface area (TPSA) is 56.7 Å². The Hall–Kier alpha value is -2.18. The number of rotatable bonds is 4. The fourth-order valence-corrected chi connectivity index (χ4v) is 2.80. The van der Waals surface area contributed by atoms with E-state index in [9.17, 15) is 13.6 Å². The molecular formula is C18H26F2N4O. The van der Waals surface area contributed by atoms with E-state index in [4.69, 9.17) is 0 Å². The van der Waals surface area contributed by atoms with E-state index >= 15 is 0 Å². The number of carbonyl (C=O) groups is 1. The van der Waals surface area contributed by atoms with E-state index in [-0.39, 0.29) is 35.5 Å². The molecule has 7 heteroatoms. The van der Waals surface area contributed by atoms with Crippen molar-refractivity contribution >= 4 is 11.9 Å². The molecule has 25 heavy (non-hydrogen) atoms. The molecule has 2 N–H and O–H groups in total. The Bertz CT molecular complexity index is 649. The van der Waals surface area contributed by atoms with Crippen molar-refractivity contribution in [1.82, 2.24) is 15.5 Å². The van der Waals surface area contributed by atoms with Gasteiger partial charge in [0, 0.05) is 37.2 Å². The number of hydrogen-bond donors (Lipinski definition) is 2. The van der Waals surface area contributed by atoms with Gasteiger partial charge in [0.05, 0.1) is 6.54 Å². The number of halogens is 2. The molecule has 0 aliphatic heterocycles. The van der Waals surface area contributed by atoms with E-state index in [0.717, 1.165) is 0 Å². The third-order valence-electron chi connectivity index (χ3n) is 3.94. The van der Waals surface area contributed by atoms with Gasteiger partial charge in [-0.2, -0.15) is 0 Å². The largest absolute Gasteiger partial charge is 0.353 e. The first-order valence-corrected chi connectivity index (χ1v) is 8.31. The molecule has 0 heterocycles. The molecule has 2 atom stereocenters. The number of likely N-dealkylation sites (N-methyl/N-ethyl adjacent to an activating group) is 1. The van der Waals surface area contributed by atoms with Crippen molar-refractivity contribution in [2.24, 2.45) is 4.99 Å². The Kier molecular flexibility index (Phi) is 5.65. The Morgan fingerprint density at radius 1 is 1.32 bits per heavy atom. The smallest absolute Gasteiger partial charge is 0.240 e. The van der Waals surface area contributed by atoms with E-state index in [1.165, 1.54) is 18.2 Å². The van der Waals surface area contributed by atoms with Gasteiger partial charge in [-0.3, -0.25) is 9.79 Å². The molecule has 0 spiro atoms. The van der Waals surface area contributed by atoms with Crippen LogP contribution in [0.3, 0.4) is 0 Å². The lowest BCUT2D eigenvalue weighted by molar-refractivity contribution is -0.122. The molecular weight excluding hydrogens is 326 g/mol. The van der Waals surface area contributed by atoms with E-state index in [2.05, 4.69) is 15.6 Å². The monoisotopic (exact) mass is 352 g/mol.